The molecule has 0 amide bonds. The summed E-state index contributed by atoms with van der Waals surface area (Å²) in [7, 11) is 0. The van der Waals surface area contributed by atoms with Gasteiger partial charge < -0.3 is 0 Å². The van der Waals surface area contributed by atoms with Crippen LogP contribution < -0.4 is 0 Å². The molecule has 0 aliphatic rings. The average Bonchev–Trinajstić information content (AvgIpc) is 2.33. The summed E-state index contributed by atoms with van der Waals surface area (Å²) >= 11 is 0. The third-order valence-corrected chi connectivity index (χ3v) is 1.21. The van der Waals surface area contributed by atoms with Crippen LogP contribution in [0.15, 0.2) is 18.3 Å². The first-order valence-corrected chi connectivity index (χ1v) is 2.68. The van der Waals surface area contributed by atoms with Crippen molar-refractivity contribution in [1.29, 1.82) is 0 Å². The Bertz CT molecular complexity index is 281. The Hall–Kier alpha value is -1.31. The Labute approximate surface area is 52.5 Å². The van der Waals surface area contributed by atoms with Gasteiger partial charge in [-0.3, -0.25) is 5.10 Å². The molecule has 2 radical (unpaired) electrons. The van der Waals surface area contributed by atoms with E-state index in [0.717, 1.165) is 10.9 Å². The van der Waals surface area contributed by atoms with Gasteiger partial charge in [0.15, 0.2) is 0 Å². The molecular formula is C7H4N2. The molecule has 2 nitrogen and oxygen atoms in total. The minimum atomic E-state index is 0.984. The quantitative estimate of drug-likeness (QED) is 0.549. The van der Waals surface area contributed by atoms with Crippen LogP contribution in [0.4, 0.5) is 0 Å². The van der Waals surface area contributed by atoms with Gasteiger partial charge in [-0.1, -0.05) is 0 Å². The van der Waals surface area contributed by atoms with E-state index in [-0.39, 0.29) is 0 Å². The third-order valence-electron chi connectivity index (χ3n) is 1.21. The maximum absolute atomic E-state index is 3.83. The molecule has 0 saturated heterocycles. The maximum atomic E-state index is 3.83. The second-order valence-electron chi connectivity index (χ2n) is 1.80. The van der Waals surface area contributed by atoms with Crippen molar-refractivity contribution in [3.05, 3.63) is 30.5 Å². The van der Waals surface area contributed by atoms with E-state index in [1.165, 1.54) is 0 Å². The summed E-state index contributed by atoms with van der Waals surface area (Å²) in [6, 6.07) is 9.47. The first kappa shape index (κ1) is 4.56. The first-order chi connectivity index (χ1) is 4.47. The van der Waals surface area contributed by atoms with Crippen molar-refractivity contribution in [1.82, 2.24) is 10.2 Å². The number of aromatic nitrogens is 2. The molecule has 9 heavy (non-hydrogen) atoms. The summed E-state index contributed by atoms with van der Waals surface area (Å²) in [5.41, 5.74) is 0.984. The highest BCUT2D eigenvalue weighted by Crippen LogP contribution is 2.05. The van der Waals surface area contributed by atoms with Gasteiger partial charge in [0.05, 0.1) is 11.7 Å². The molecule has 2 aromatic rings. The van der Waals surface area contributed by atoms with Gasteiger partial charge in [-0.05, 0) is 24.3 Å². The zero-order valence-electron chi connectivity index (χ0n) is 4.68. The molecule has 0 unspecified atom stereocenters. The highest BCUT2D eigenvalue weighted by Gasteiger charge is 1.89. The highest BCUT2D eigenvalue weighted by atomic mass is 15.1. The fraction of sp³-hybridized carbons (Fsp3) is 0. The molecule has 1 N–H and O–H groups in total. The number of H-pyrrole nitrogens is 1. The van der Waals surface area contributed by atoms with E-state index >= 15 is 0 Å². The van der Waals surface area contributed by atoms with Crippen LogP contribution in [0.1, 0.15) is 0 Å². The first-order valence-electron chi connectivity index (χ1n) is 2.68. The highest BCUT2D eigenvalue weighted by molar-refractivity contribution is 5.76. The largest absolute Gasteiger partial charge is 0.278 e. The van der Waals surface area contributed by atoms with Gasteiger partial charge in [-0.25, -0.2) is 0 Å². The van der Waals surface area contributed by atoms with Gasteiger partial charge >= 0.3 is 0 Å². The summed E-state index contributed by atoms with van der Waals surface area (Å²) in [5, 5.41) is 7.64. The minimum absolute atomic E-state index is 0.984. The number of nitrogens with one attached hydrogen (secondary N) is 1. The summed E-state index contributed by atoms with van der Waals surface area (Å²) in [4.78, 5) is 0. The predicted molar refractivity (Wildman–Crippen MR) is 33.8 cm³/mol. The van der Waals surface area contributed by atoms with E-state index in [9.17, 15) is 0 Å². The topological polar surface area (TPSA) is 28.7 Å². The van der Waals surface area contributed by atoms with Crippen molar-refractivity contribution in [2.45, 2.75) is 0 Å². The van der Waals surface area contributed by atoms with Crippen LogP contribution in [0.5, 0.6) is 0 Å². The van der Waals surface area contributed by atoms with E-state index < -0.39 is 0 Å². The van der Waals surface area contributed by atoms with Gasteiger partial charge in [-0.2, -0.15) is 5.10 Å². The number of rotatable bonds is 0. The van der Waals surface area contributed by atoms with E-state index in [1.807, 2.05) is 6.07 Å². The zero-order chi connectivity index (χ0) is 6.10. The van der Waals surface area contributed by atoms with Crippen LogP contribution in [0.2, 0.25) is 0 Å². The Morgan fingerprint density at radius 1 is 1.56 bits per heavy atom. The minimum Gasteiger partial charge on any atom is -0.278 e. The summed E-state index contributed by atoms with van der Waals surface area (Å²) in [5.74, 6) is 0. The van der Waals surface area contributed by atoms with Gasteiger partial charge in [-0.15, -0.1) is 0 Å². The molecule has 0 bridgehead atoms. The molecule has 0 fully saturated rings. The summed E-state index contributed by atoms with van der Waals surface area (Å²) in [6.45, 7) is 0. The molecule has 0 aliphatic carbocycles. The van der Waals surface area contributed by atoms with Crippen molar-refractivity contribution in [2.75, 3.05) is 0 Å². The molecule has 42 valence electrons. The predicted octanol–water partition coefficient (Wildman–Crippen LogP) is 1.16. The summed E-state index contributed by atoms with van der Waals surface area (Å²) < 4.78 is 0. The number of nitrogens with zero attached hydrogens (tertiary/aromatic N) is 1. The Morgan fingerprint density at radius 3 is 3.44 bits per heavy atom. The van der Waals surface area contributed by atoms with E-state index in [4.69, 9.17) is 0 Å². The SMILES string of the molecule is [c]1c[c]c2cn[nH]c2c1. The lowest BCUT2D eigenvalue weighted by molar-refractivity contribution is 1.12. The summed E-state index contributed by atoms with van der Waals surface area (Å²) in [6.07, 6.45) is 1.74. The number of benzene rings is 1. The second kappa shape index (κ2) is 1.58. The van der Waals surface area contributed by atoms with Crippen LogP contribution in [-0.4, -0.2) is 10.2 Å². The van der Waals surface area contributed by atoms with E-state index in [1.54, 1.807) is 12.3 Å². The van der Waals surface area contributed by atoms with Gasteiger partial charge in [0.1, 0.15) is 0 Å². The second-order valence-corrected chi connectivity index (χ2v) is 1.80. The monoisotopic (exact) mass is 116 g/mol. The van der Waals surface area contributed by atoms with Gasteiger partial charge in [0.25, 0.3) is 0 Å². The third kappa shape index (κ3) is 0.598. The van der Waals surface area contributed by atoms with Crippen LogP contribution in [0.3, 0.4) is 0 Å². The number of hydrogen-bond acceptors (Lipinski definition) is 1. The molecule has 2 heteroatoms. The fourth-order valence-corrected chi connectivity index (χ4v) is 0.766. The van der Waals surface area contributed by atoms with Crippen molar-refractivity contribution in [2.24, 2.45) is 0 Å². The van der Waals surface area contributed by atoms with Crippen molar-refractivity contribution < 1.29 is 0 Å². The molecule has 1 heterocycles. The van der Waals surface area contributed by atoms with E-state index in [0.29, 0.717) is 0 Å². The molecule has 0 atom stereocenters. The number of aromatic amines is 1. The van der Waals surface area contributed by atoms with Gasteiger partial charge in [0.2, 0.25) is 0 Å². The van der Waals surface area contributed by atoms with Crippen LogP contribution >= 0.6 is 0 Å². The molecule has 0 spiro atoms. The molecular weight excluding hydrogens is 112 g/mol. The average molecular weight is 116 g/mol. The molecule has 1 aromatic heterocycles. The molecule has 1 aromatic carbocycles. The molecule has 0 saturated carbocycles. The molecule has 0 aliphatic heterocycles. The lowest BCUT2D eigenvalue weighted by atomic mass is 10.3. The molecule has 2 rings (SSSR count). The Balaban J connectivity index is 2.95. The van der Waals surface area contributed by atoms with Crippen LogP contribution in [0, 0.1) is 12.1 Å². The van der Waals surface area contributed by atoms with Crippen LogP contribution in [-0.2, 0) is 0 Å². The lowest BCUT2D eigenvalue weighted by Gasteiger charge is -1.79. The van der Waals surface area contributed by atoms with Gasteiger partial charge in [0, 0.05) is 5.39 Å². The Kier molecular flexibility index (Phi) is 0.803. The Morgan fingerprint density at radius 2 is 2.56 bits per heavy atom. The fourth-order valence-electron chi connectivity index (χ4n) is 0.766. The van der Waals surface area contributed by atoms with Crippen molar-refractivity contribution in [3.8, 4) is 0 Å². The van der Waals surface area contributed by atoms with Crippen LogP contribution in [0.25, 0.3) is 10.9 Å². The zero-order valence-corrected chi connectivity index (χ0v) is 4.68. The number of hydrogen-bond donors (Lipinski definition) is 1. The number of fused-ring (bicyclic) bond motifs is 1. The van der Waals surface area contributed by atoms with Crippen molar-refractivity contribution in [3.63, 3.8) is 0 Å². The maximum Gasteiger partial charge on any atom is 0.0662 e. The van der Waals surface area contributed by atoms with Crippen molar-refractivity contribution >= 4 is 10.9 Å². The lowest BCUT2D eigenvalue weighted by Crippen LogP contribution is -1.64. The smallest absolute Gasteiger partial charge is 0.0662 e. The normalized spacial score (nSPS) is 10.2. The van der Waals surface area contributed by atoms with E-state index in [2.05, 4.69) is 22.3 Å². The standard InChI is InChI=1S/C7H4N2/c1-2-4-7-6(3-1)5-8-9-7/h1,4-5H,(H,8,9).